The molecule has 2 nitrogen and oxygen atoms in total. The van der Waals surface area contributed by atoms with Gasteiger partial charge in [0.1, 0.15) is 0 Å². The molecule has 3 heteroatoms. The van der Waals surface area contributed by atoms with Crippen LogP contribution < -0.4 is 10.5 Å². The lowest BCUT2D eigenvalue weighted by molar-refractivity contribution is 0.780. The lowest BCUT2D eigenvalue weighted by atomic mass is 10.1. The van der Waals surface area contributed by atoms with E-state index in [-0.39, 0.29) is 0 Å². The minimum atomic E-state index is 0.850. The Morgan fingerprint density at radius 2 is 2.27 bits per heavy atom. The second kappa shape index (κ2) is 4.34. The summed E-state index contributed by atoms with van der Waals surface area (Å²) in [5.74, 6) is 0. The maximum Gasteiger partial charge on any atom is 0.0398 e. The normalized spacial score (nSPS) is 28.8. The summed E-state index contributed by atoms with van der Waals surface area (Å²) < 4.78 is 2.84. The molecule has 0 unspecified atom stereocenters. The van der Waals surface area contributed by atoms with Crippen molar-refractivity contribution in [1.29, 1.82) is 0 Å². The fraction of sp³-hybridized carbons (Fsp3) is 0.500. The Morgan fingerprint density at radius 1 is 1.45 bits per heavy atom. The summed E-state index contributed by atoms with van der Waals surface area (Å²) in [7, 11) is 0. The minimum absolute atomic E-state index is 0.850. The van der Waals surface area contributed by atoms with Gasteiger partial charge in [0.05, 0.1) is 0 Å². The lowest BCUT2D eigenvalue weighted by Gasteiger charge is -2.10. The summed E-state index contributed by atoms with van der Waals surface area (Å²) >= 11 is 3.99. The first-order chi connectivity index (χ1) is 5.34. The van der Waals surface area contributed by atoms with Crippen LogP contribution in [0.15, 0.2) is 23.5 Å². The predicted octanol–water partition coefficient (Wildman–Crippen LogP) is 1.72. The van der Waals surface area contributed by atoms with Gasteiger partial charge >= 0.3 is 0 Å². The van der Waals surface area contributed by atoms with E-state index in [9.17, 15) is 0 Å². The molecule has 0 aromatic heterocycles. The van der Waals surface area contributed by atoms with Crippen molar-refractivity contribution < 1.29 is 0 Å². The average Bonchev–Trinajstić information content (AvgIpc) is 1.98. The summed E-state index contributed by atoms with van der Waals surface area (Å²) in [6.07, 6.45) is 8.46. The number of nitrogens with two attached hydrogens (primary N) is 1. The Bertz CT molecular complexity index is 185. The van der Waals surface area contributed by atoms with Gasteiger partial charge < -0.3 is 10.5 Å². The number of thiol groups is 1. The van der Waals surface area contributed by atoms with Crippen molar-refractivity contribution in [3.05, 3.63) is 23.5 Å². The number of rotatable bonds is 1. The highest BCUT2D eigenvalue weighted by Crippen LogP contribution is 2.13. The molecule has 0 spiro atoms. The molecule has 0 fully saturated rings. The minimum Gasteiger partial charge on any atom is -0.400 e. The molecule has 1 rings (SSSR count). The molecule has 62 valence electrons. The molecule has 0 bridgehead atoms. The van der Waals surface area contributed by atoms with E-state index in [1.54, 1.807) is 0 Å². The zero-order chi connectivity index (χ0) is 8.10. The number of allylic oxidation sites excluding steroid dienone is 3. The summed E-state index contributed by atoms with van der Waals surface area (Å²) in [4.78, 5) is 0. The fourth-order valence-electron chi connectivity index (χ4n) is 1.14. The molecule has 0 aromatic carbocycles. The summed E-state index contributed by atoms with van der Waals surface area (Å²) in [6.45, 7) is 0. The number of nitrogens with one attached hydrogen (secondary N) is 1. The first-order valence-corrected chi connectivity index (χ1v) is 4.32. The maximum atomic E-state index is 5.78. The monoisotopic (exact) mass is 170 g/mol. The van der Waals surface area contributed by atoms with Crippen molar-refractivity contribution in [2.24, 2.45) is 5.73 Å². The third-order valence-electron chi connectivity index (χ3n) is 1.82. The second-order valence-electron chi connectivity index (χ2n) is 2.68. The largest absolute Gasteiger partial charge is 0.400 e. The van der Waals surface area contributed by atoms with E-state index < -0.39 is 0 Å². The van der Waals surface area contributed by atoms with Crippen molar-refractivity contribution in [3.8, 4) is 0 Å². The van der Waals surface area contributed by atoms with E-state index in [0.29, 0.717) is 0 Å². The van der Waals surface area contributed by atoms with Crippen LogP contribution in [0.1, 0.15) is 25.7 Å². The molecule has 0 amide bonds. The van der Waals surface area contributed by atoms with Crippen molar-refractivity contribution in [1.82, 2.24) is 4.72 Å². The summed E-state index contributed by atoms with van der Waals surface area (Å²) in [5.41, 5.74) is 7.77. The van der Waals surface area contributed by atoms with Gasteiger partial charge in [-0.3, -0.25) is 0 Å². The van der Waals surface area contributed by atoms with Crippen molar-refractivity contribution >= 4 is 12.8 Å². The van der Waals surface area contributed by atoms with E-state index in [0.717, 1.165) is 37.1 Å². The lowest BCUT2D eigenvalue weighted by Crippen LogP contribution is -2.10. The zero-order valence-corrected chi connectivity index (χ0v) is 7.40. The molecule has 11 heavy (non-hydrogen) atoms. The van der Waals surface area contributed by atoms with Crippen LogP contribution in [0.2, 0.25) is 0 Å². The maximum absolute atomic E-state index is 5.78. The Hall–Kier alpha value is -0.570. The second-order valence-corrected chi connectivity index (χ2v) is 2.91. The highest BCUT2D eigenvalue weighted by molar-refractivity contribution is 7.78. The number of hydrogen-bond acceptors (Lipinski definition) is 3. The van der Waals surface area contributed by atoms with E-state index in [2.05, 4.69) is 29.7 Å². The molecule has 0 saturated heterocycles. The summed E-state index contributed by atoms with van der Waals surface area (Å²) in [6, 6.07) is 0. The summed E-state index contributed by atoms with van der Waals surface area (Å²) in [5, 5.41) is 0. The number of hydrogen-bond donors (Lipinski definition) is 3. The smallest absolute Gasteiger partial charge is 0.0398 e. The van der Waals surface area contributed by atoms with Gasteiger partial charge in [-0.05, 0) is 19.3 Å². The highest BCUT2D eigenvalue weighted by Gasteiger charge is 2.02. The van der Waals surface area contributed by atoms with Gasteiger partial charge in [0.2, 0.25) is 0 Å². The molecule has 3 N–H and O–H groups in total. The van der Waals surface area contributed by atoms with E-state index in [1.165, 1.54) is 0 Å². The Kier molecular flexibility index (Phi) is 3.36. The van der Waals surface area contributed by atoms with Crippen LogP contribution in [-0.2, 0) is 0 Å². The van der Waals surface area contributed by atoms with Gasteiger partial charge in [-0.2, -0.15) is 0 Å². The quantitative estimate of drug-likeness (QED) is 0.414. The van der Waals surface area contributed by atoms with Gasteiger partial charge in [0.15, 0.2) is 0 Å². The fourth-order valence-corrected chi connectivity index (χ4v) is 1.39. The van der Waals surface area contributed by atoms with Crippen LogP contribution in [0.3, 0.4) is 0 Å². The zero-order valence-electron chi connectivity index (χ0n) is 6.51. The highest BCUT2D eigenvalue weighted by atomic mass is 32.1. The van der Waals surface area contributed by atoms with E-state index in [1.807, 2.05) is 0 Å². The third kappa shape index (κ3) is 2.50. The first-order valence-electron chi connectivity index (χ1n) is 3.87. The van der Waals surface area contributed by atoms with Gasteiger partial charge in [0.25, 0.3) is 0 Å². The molecule has 0 heterocycles. The van der Waals surface area contributed by atoms with Crippen LogP contribution in [0.4, 0.5) is 0 Å². The van der Waals surface area contributed by atoms with Crippen LogP contribution in [0, 0.1) is 0 Å². The molecule has 0 aliphatic heterocycles. The van der Waals surface area contributed by atoms with Crippen LogP contribution in [0.25, 0.3) is 0 Å². The van der Waals surface area contributed by atoms with Crippen molar-refractivity contribution in [2.45, 2.75) is 25.7 Å². The van der Waals surface area contributed by atoms with E-state index >= 15 is 0 Å². The molecule has 1 aliphatic carbocycles. The average molecular weight is 170 g/mol. The first kappa shape index (κ1) is 8.53. The predicted molar refractivity (Wildman–Crippen MR) is 50.9 cm³/mol. The van der Waals surface area contributed by atoms with Crippen LogP contribution in [0.5, 0.6) is 0 Å². The Labute approximate surface area is 73.1 Å². The molecule has 0 aromatic rings. The third-order valence-corrected chi connectivity index (χ3v) is 2.09. The molecule has 0 radical (unpaired) electrons. The van der Waals surface area contributed by atoms with Gasteiger partial charge in [-0.25, -0.2) is 0 Å². The van der Waals surface area contributed by atoms with Crippen molar-refractivity contribution in [2.75, 3.05) is 0 Å². The van der Waals surface area contributed by atoms with Gasteiger partial charge in [-0.1, -0.05) is 25.0 Å². The topological polar surface area (TPSA) is 38.0 Å². The Balaban J connectivity index is 2.65. The molecular formula is C8H14N2S. The van der Waals surface area contributed by atoms with Crippen LogP contribution in [-0.4, -0.2) is 0 Å². The van der Waals surface area contributed by atoms with E-state index in [4.69, 9.17) is 5.73 Å². The van der Waals surface area contributed by atoms with Crippen molar-refractivity contribution in [3.63, 3.8) is 0 Å². The standard InChI is InChI=1S/C8H14N2S/c9-7-5-3-1-2-4-6-8(7)10-11/h1,3,10-11H,2,4-6,9H2/b3-1-,8-7+. The molecular weight excluding hydrogens is 156 g/mol. The van der Waals surface area contributed by atoms with Gasteiger partial charge in [-0.15, -0.1) is 0 Å². The molecule has 1 aliphatic rings. The SMILES string of the molecule is N/C1=C(/NS)CCC/C=C\C1. The molecule has 0 saturated carbocycles. The Morgan fingerprint density at radius 3 is 3.00 bits per heavy atom. The van der Waals surface area contributed by atoms with Crippen LogP contribution >= 0.6 is 12.8 Å². The molecule has 0 atom stereocenters. The van der Waals surface area contributed by atoms with Gasteiger partial charge in [0, 0.05) is 17.8 Å².